The second kappa shape index (κ2) is 12.4. The molecular formula is C25H33Cl3N4O4SSi. The lowest BCUT2D eigenvalue weighted by molar-refractivity contribution is 0.104. The molecule has 0 aromatic heterocycles. The van der Waals surface area contributed by atoms with Gasteiger partial charge in [-0.2, -0.15) is 9.98 Å². The minimum Gasteiger partial charge on any atom is -0.541 e. The van der Waals surface area contributed by atoms with E-state index in [1.54, 1.807) is 36.4 Å². The molecule has 0 saturated carbocycles. The van der Waals surface area contributed by atoms with Gasteiger partial charge in [-0.25, -0.2) is 13.4 Å². The molecule has 1 fully saturated rings. The van der Waals surface area contributed by atoms with E-state index in [-0.39, 0.29) is 37.5 Å². The summed E-state index contributed by atoms with van der Waals surface area (Å²) >= 11 is 18.8. The van der Waals surface area contributed by atoms with Gasteiger partial charge in [-0.1, -0.05) is 61.6 Å². The Hall–Kier alpha value is -1.46. The third-order valence-corrected chi connectivity index (χ3v) is 13.7. The average Bonchev–Trinajstić information content (AvgIpc) is 3.23. The molecule has 0 radical (unpaired) electrons. The normalized spacial score (nSPS) is 16.8. The quantitative estimate of drug-likeness (QED) is 0.232. The number of sulfonamides is 1. The Morgan fingerprint density at radius 3 is 2.45 bits per heavy atom. The highest BCUT2D eigenvalue weighted by atomic mass is 35.5. The standard InChI is InChI=1S/C25H33Cl3N4O4SSi/c1-25(2,3)38(5,6)36-23-21(30-16-29-20-11-7-10-18(26)22(20)28)13-12-19(27)24(23)37(33,34)31-32-14-8-9-17(32)15-35-4/h7,10-13,17,31H,8-9,14-15H2,1-6H3. The maximum atomic E-state index is 13.8. The Balaban J connectivity index is 2.14. The molecule has 1 aliphatic rings. The Morgan fingerprint density at radius 1 is 1.11 bits per heavy atom. The van der Waals surface area contributed by atoms with Crippen LogP contribution in [0, 0.1) is 0 Å². The van der Waals surface area contributed by atoms with E-state index in [1.165, 1.54) is 6.07 Å². The van der Waals surface area contributed by atoms with Crippen molar-refractivity contribution < 1.29 is 17.6 Å². The molecule has 1 atom stereocenters. The molecule has 13 heteroatoms. The fourth-order valence-corrected chi connectivity index (χ4v) is 6.85. The van der Waals surface area contributed by atoms with Crippen molar-refractivity contribution in [2.75, 3.05) is 20.3 Å². The number of rotatable bonds is 9. The number of benzene rings is 2. The number of halogens is 3. The molecule has 208 valence electrons. The van der Waals surface area contributed by atoms with Gasteiger partial charge in [0, 0.05) is 19.7 Å². The van der Waals surface area contributed by atoms with Crippen LogP contribution < -0.4 is 9.26 Å². The summed E-state index contributed by atoms with van der Waals surface area (Å²) in [4.78, 5) is 11.0. The van der Waals surface area contributed by atoms with Crippen LogP contribution in [0.25, 0.3) is 0 Å². The lowest BCUT2D eigenvalue weighted by Gasteiger charge is -2.37. The van der Waals surface area contributed by atoms with Gasteiger partial charge >= 0.3 is 0 Å². The highest BCUT2D eigenvalue weighted by molar-refractivity contribution is 7.89. The van der Waals surface area contributed by atoms with E-state index >= 15 is 0 Å². The summed E-state index contributed by atoms with van der Waals surface area (Å²) in [6, 6.07) is 10.6. The number of ether oxygens (including phenoxy) is 1. The maximum absolute atomic E-state index is 13.8. The second-order valence-corrected chi connectivity index (χ2v) is 18.0. The minimum absolute atomic E-state index is 0.0162. The second-order valence-electron chi connectivity index (χ2n) is 10.5. The number of hydrogen-bond donors (Lipinski definition) is 1. The lowest BCUT2D eigenvalue weighted by Crippen LogP contribution is -2.47. The molecule has 0 bridgehead atoms. The highest BCUT2D eigenvalue weighted by Gasteiger charge is 2.42. The SMILES string of the molecule is COCC1CCCN1NS(=O)(=O)c1c(Cl)ccc(N=C=Nc2cccc(Cl)c2Cl)c1O[Si](C)(C)C(C)(C)C. The van der Waals surface area contributed by atoms with Crippen LogP contribution in [0.4, 0.5) is 11.4 Å². The zero-order valence-electron chi connectivity index (χ0n) is 22.3. The molecule has 0 aliphatic carbocycles. The van der Waals surface area contributed by atoms with Crippen molar-refractivity contribution in [3.63, 3.8) is 0 Å². The van der Waals surface area contributed by atoms with Gasteiger partial charge in [0.15, 0.2) is 5.75 Å². The first-order chi connectivity index (χ1) is 17.7. The van der Waals surface area contributed by atoms with Crippen LogP contribution in [0.15, 0.2) is 45.2 Å². The fourth-order valence-electron chi connectivity index (χ4n) is 3.61. The van der Waals surface area contributed by atoms with Gasteiger partial charge < -0.3 is 9.16 Å². The summed E-state index contributed by atoms with van der Waals surface area (Å²) in [6.45, 7) is 11.1. The molecule has 1 unspecified atom stereocenters. The summed E-state index contributed by atoms with van der Waals surface area (Å²) in [5.41, 5.74) is 0.591. The van der Waals surface area contributed by atoms with Crippen LogP contribution in [-0.2, 0) is 14.8 Å². The topological polar surface area (TPSA) is 92.6 Å². The van der Waals surface area contributed by atoms with Gasteiger partial charge in [0.2, 0.25) is 0 Å². The predicted molar refractivity (Wildman–Crippen MR) is 157 cm³/mol. The molecule has 3 rings (SSSR count). The Morgan fingerprint density at radius 2 is 1.79 bits per heavy atom. The number of hydrazine groups is 1. The predicted octanol–water partition coefficient (Wildman–Crippen LogP) is 7.47. The third-order valence-electron chi connectivity index (χ3n) is 6.72. The lowest BCUT2D eigenvalue weighted by atomic mass is 10.2. The molecule has 0 amide bonds. The molecule has 8 nitrogen and oxygen atoms in total. The van der Waals surface area contributed by atoms with Crippen molar-refractivity contribution in [3.8, 4) is 5.75 Å². The summed E-state index contributed by atoms with van der Waals surface area (Å²) < 4.78 is 39.4. The van der Waals surface area contributed by atoms with Crippen molar-refractivity contribution in [3.05, 3.63) is 45.4 Å². The summed E-state index contributed by atoms with van der Waals surface area (Å²) in [5.74, 6) is 0.0546. The Bertz CT molecular complexity index is 1340. The molecule has 0 spiro atoms. The van der Waals surface area contributed by atoms with Crippen LogP contribution >= 0.6 is 34.8 Å². The highest BCUT2D eigenvalue weighted by Crippen LogP contribution is 2.45. The first-order valence-electron chi connectivity index (χ1n) is 12.1. The Kier molecular flexibility index (Phi) is 10.1. The van der Waals surface area contributed by atoms with Gasteiger partial charge in [0.25, 0.3) is 18.3 Å². The molecule has 1 saturated heterocycles. The molecule has 1 heterocycles. The van der Waals surface area contributed by atoms with Crippen LogP contribution in [0.5, 0.6) is 5.75 Å². The minimum atomic E-state index is -4.16. The molecule has 1 aliphatic heterocycles. The molecule has 2 aromatic rings. The van der Waals surface area contributed by atoms with Crippen molar-refractivity contribution in [2.24, 2.45) is 9.98 Å². The van der Waals surface area contributed by atoms with Crippen molar-refractivity contribution >= 4 is 70.5 Å². The van der Waals surface area contributed by atoms with E-state index < -0.39 is 18.3 Å². The monoisotopic (exact) mass is 618 g/mol. The van der Waals surface area contributed by atoms with Gasteiger partial charge in [0.1, 0.15) is 16.6 Å². The van der Waals surface area contributed by atoms with Gasteiger partial charge in [-0.05, 0) is 55.2 Å². The van der Waals surface area contributed by atoms with Gasteiger partial charge in [-0.3, -0.25) is 0 Å². The van der Waals surface area contributed by atoms with E-state index in [2.05, 4.69) is 41.6 Å². The fraction of sp³-hybridized carbons (Fsp3) is 0.480. The largest absolute Gasteiger partial charge is 0.541 e. The van der Waals surface area contributed by atoms with Crippen molar-refractivity contribution in [2.45, 2.75) is 62.7 Å². The number of aliphatic imine (C=N–C) groups is 2. The summed E-state index contributed by atoms with van der Waals surface area (Å²) in [7, 11) is -5.11. The molecular weight excluding hydrogens is 587 g/mol. The maximum Gasteiger partial charge on any atom is 0.258 e. The van der Waals surface area contributed by atoms with E-state index in [0.29, 0.717) is 23.9 Å². The third kappa shape index (κ3) is 7.18. The van der Waals surface area contributed by atoms with Crippen molar-refractivity contribution in [1.82, 2.24) is 9.84 Å². The van der Waals surface area contributed by atoms with Crippen LogP contribution in [0.3, 0.4) is 0 Å². The summed E-state index contributed by atoms with van der Waals surface area (Å²) in [5, 5.41) is 2.06. The molecule has 38 heavy (non-hydrogen) atoms. The number of nitrogens with one attached hydrogen (secondary N) is 1. The van der Waals surface area contributed by atoms with E-state index in [9.17, 15) is 8.42 Å². The van der Waals surface area contributed by atoms with Crippen LogP contribution in [0.2, 0.25) is 33.2 Å². The van der Waals surface area contributed by atoms with E-state index in [4.69, 9.17) is 44.0 Å². The van der Waals surface area contributed by atoms with E-state index in [1.807, 2.05) is 13.1 Å². The zero-order chi connectivity index (χ0) is 28.3. The summed E-state index contributed by atoms with van der Waals surface area (Å²) in [6.07, 6.45) is 1.65. The van der Waals surface area contributed by atoms with Gasteiger partial charge in [-0.15, -0.1) is 4.83 Å². The first kappa shape index (κ1) is 31.1. The first-order valence-corrected chi connectivity index (χ1v) is 17.6. The number of methoxy groups -OCH3 is 1. The smallest absolute Gasteiger partial charge is 0.258 e. The van der Waals surface area contributed by atoms with E-state index in [0.717, 1.165) is 12.8 Å². The van der Waals surface area contributed by atoms with Gasteiger partial charge in [0.05, 0.1) is 27.4 Å². The molecule has 2 aromatic carbocycles. The van der Waals surface area contributed by atoms with Crippen LogP contribution in [-0.4, -0.2) is 54.1 Å². The molecule has 1 N–H and O–H groups in total. The Labute approximate surface area is 241 Å². The van der Waals surface area contributed by atoms with Crippen LogP contribution in [0.1, 0.15) is 33.6 Å². The van der Waals surface area contributed by atoms with Crippen molar-refractivity contribution in [1.29, 1.82) is 0 Å². The number of hydrogen-bond acceptors (Lipinski definition) is 7. The number of nitrogens with zero attached hydrogens (tertiary/aromatic N) is 3. The average molecular weight is 620 g/mol. The zero-order valence-corrected chi connectivity index (χ0v) is 26.4.